The predicted molar refractivity (Wildman–Crippen MR) is 101 cm³/mol. The van der Waals surface area contributed by atoms with Gasteiger partial charge in [0.15, 0.2) is 5.96 Å². The van der Waals surface area contributed by atoms with Gasteiger partial charge >= 0.3 is 0 Å². The van der Waals surface area contributed by atoms with Crippen LogP contribution in [0.25, 0.3) is 0 Å². The summed E-state index contributed by atoms with van der Waals surface area (Å²) in [7, 11) is 0. The number of benzene rings is 1. The van der Waals surface area contributed by atoms with Crippen molar-refractivity contribution in [3.05, 3.63) is 30.3 Å². The van der Waals surface area contributed by atoms with Crippen LogP contribution in [0.3, 0.4) is 0 Å². The second kappa shape index (κ2) is 11.3. The van der Waals surface area contributed by atoms with E-state index in [9.17, 15) is 4.79 Å². The number of rotatable bonds is 9. The number of ether oxygens (including phenoxy) is 1. The minimum atomic E-state index is 0.233. The normalized spacial score (nSPS) is 14.4. The molecule has 0 aromatic heterocycles. The zero-order chi connectivity index (χ0) is 17.7. The summed E-state index contributed by atoms with van der Waals surface area (Å²) in [5.74, 6) is 1.88. The quantitative estimate of drug-likeness (QED) is 0.408. The standard InChI is InChI=1S/C19H30N4O2/c1-2-20-19(22-13-11-18(24)23-14-6-7-15-23)21-12-8-16-25-17-9-4-3-5-10-17/h3-5,9-10H,2,6-8,11-16H2,1H3,(H2,20,21,22). The van der Waals surface area contributed by atoms with Crippen LogP contribution in [0, 0.1) is 0 Å². The molecule has 1 aliphatic heterocycles. The first-order chi connectivity index (χ1) is 12.3. The molecule has 25 heavy (non-hydrogen) atoms. The number of carbonyl (C=O) groups excluding carboxylic acids is 1. The van der Waals surface area contributed by atoms with E-state index in [1.807, 2.05) is 42.2 Å². The summed E-state index contributed by atoms with van der Waals surface area (Å²) in [6.45, 7) is 6.59. The predicted octanol–water partition coefficient (Wildman–Crippen LogP) is 2.02. The van der Waals surface area contributed by atoms with Gasteiger partial charge in [0.05, 0.1) is 6.61 Å². The number of nitrogens with zero attached hydrogens (tertiary/aromatic N) is 2. The van der Waals surface area contributed by atoms with E-state index < -0.39 is 0 Å². The molecule has 1 aromatic rings. The Labute approximate surface area is 150 Å². The van der Waals surface area contributed by atoms with Gasteiger partial charge < -0.3 is 20.3 Å². The lowest BCUT2D eigenvalue weighted by atomic mass is 10.3. The Morgan fingerprint density at radius 1 is 1.20 bits per heavy atom. The summed E-state index contributed by atoms with van der Waals surface area (Å²) in [5, 5.41) is 6.44. The van der Waals surface area contributed by atoms with E-state index in [-0.39, 0.29) is 5.91 Å². The van der Waals surface area contributed by atoms with Crippen LogP contribution in [0.15, 0.2) is 35.3 Å². The average Bonchev–Trinajstić information content (AvgIpc) is 3.17. The van der Waals surface area contributed by atoms with Crippen LogP contribution in [0.1, 0.15) is 32.6 Å². The molecule has 0 aliphatic carbocycles. The molecule has 0 radical (unpaired) electrons. The maximum absolute atomic E-state index is 12.0. The molecule has 1 saturated heterocycles. The summed E-state index contributed by atoms with van der Waals surface area (Å²) in [4.78, 5) is 18.5. The van der Waals surface area contributed by atoms with Crippen molar-refractivity contribution >= 4 is 11.9 Å². The Hall–Kier alpha value is -2.24. The number of hydrogen-bond acceptors (Lipinski definition) is 3. The van der Waals surface area contributed by atoms with Gasteiger partial charge in [0.25, 0.3) is 0 Å². The summed E-state index contributed by atoms with van der Waals surface area (Å²) in [6.07, 6.45) is 3.63. The molecule has 1 aromatic carbocycles. The Kier molecular flexibility index (Phi) is 8.66. The van der Waals surface area contributed by atoms with Crippen LogP contribution in [0.5, 0.6) is 5.75 Å². The molecular weight excluding hydrogens is 316 g/mol. The van der Waals surface area contributed by atoms with Crippen molar-refractivity contribution < 1.29 is 9.53 Å². The first-order valence-electron chi connectivity index (χ1n) is 9.27. The molecule has 0 saturated carbocycles. The third-order valence-corrected chi connectivity index (χ3v) is 4.02. The highest BCUT2D eigenvalue weighted by molar-refractivity contribution is 5.81. The Morgan fingerprint density at radius 3 is 2.68 bits per heavy atom. The maximum Gasteiger partial charge on any atom is 0.224 e. The van der Waals surface area contributed by atoms with Crippen molar-refractivity contribution in [1.82, 2.24) is 15.5 Å². The summed E-state index contributed by atoms with van der Waals surface area (Å²) >= 11 is 0. The van der Waals surface area contributed by atoms with Gasteiger partial charge in [0.2, 0.25) is 5.91 Å². The second-order valence-corrected chi connectivity index (χ2v) is 6.04. The fourth-order valence-electron chi connectivity index (χ4n) is 2.72. The van der Waals surface area contributed by atoms with Crippen molar-refractivity contribution in [2.45, 2.75) is 32.6 Å². The van der Waals surface area contributed by atoms with Crippen LogP contribution in [0.2, 0.25) is 0 Å². The number of likely N-dealkylation sites (tertiary alicyclic amines) is 1. The fraction of sp³-hybridized carbons (Fsp3) is 0.579. The van der Waals surface area contributed by atoms with E-state index in [2.05, 4.69) is 15.6 Å². The van der Waals surface area contributed by atoms with Crippen molar-refractivity contribution in [2.75, 3.05) is 39.3 Å². The van der Waals surface area contributed by atoms with Crippen LogP contribution >= 0.6 is 0 Å². The van der Waals surface area contributed by atoms with E-state index in [1.165, 1.54) is 0 Å². The highest BCUT2D eigenvalue weighted by Gasteiger charge is 2.17. The highest BCUT2D eigenvalue weighted by Crippen LogP contribution is 2.09. The summed E-state index contributed by atoms with van der Waals surface area (Å²) in [5.41, 5.74) is 0. The van der Waals surface area contributed by atoms with E-state index in [1.54, 1.807) is 0 Å². The van der Waals surface area contributed by atoms with Crippen molar-refractivity contribution in [1.29, 1.82) is 0 Å². The highest BCUT2D eigenvalue weighted by atomic mass is 16.5. The SMILES string of the molecule is CCNC(=NCCCOc1ccccc1)NCCC(=O)N1CCCC1. The van der Waals surface area contributed by atoms with Gasteiger partial charge in [0, 0.05) is 45.6 Å². The Morgan fingerprint density at radius 2 is 1.96 bits per heavy atom. The van der Waals surface area contributed by atoms with Gasteiger partial charge in [-0.15, -0.1) is 0 Å². The van der Waals surface area contributed by atoms with Gasteiger partial charge in [-0.2, -0.15) is 0 Å². The molecule has 1 amide bonds. The molecule has 0 atom stereocenters. The molecule has 138 valence electrons. The smallest absolute Gasteiger partial charge is 0.224 e. The monoisotopic (exact) mass is 346 g/mol. The molecule has 2 rings (SSSR count). The minimum Gasteiger partial charge on any atom is -0.494 e. The van der Waals surface area contributed by atoms with E-state index in [4.69, 9.17) is 4.74 Å². The first-order valence-corrected chi connectivity index (χ1v) is 9.27. The lowest BCUT2D eigenvalue weighted by Crippen LogP contribution is -2.39. The topological polar surface area (TPSA) is 66.0 Å². The number of carbonyl (C=O) groups is 1. The number of guanidine groups is 1. The van der Waals surface area contributed by atoms with Crippen LogP contribution in [-0.2, 0) is 4.79 Å². The van der Waals surface area contributed by atoms with E-state index in [0.717, 1.165) is 50.6 Å². The third-order valence-electron chi connectivity index (χ3n) is 4.02. The molecule has 6 nitrogen and oxygen atoms in total. The molecule has 1 heterocycles. The van der Waals surface area contributed by atoms with Gasteiger partial charge in [0.1, 0.15) is 5.75 Å². The van der Waals surface area contributed by atoms with Crippen LogP contribution < -0.4 is 15.4 Å². The lowest BCUT2D eigenvalue weighted by molar-refractivity contribution is -0.129. The number of hydrogen-bond donors (Lipinski definition) is 2. The number of nitrogens with one attached hydrogen (secondary N) is 2. The second-order valence-electron chi connectivity index (χ2n) is 6.04. The largest absolute Gasteiger partial charge is 0.494 e. The summed E-state index contributed by atoms with van der Waals surface area (Å²) < 4.78 is 5.66. The zero-order valence-corrected chi connectivity index (χ0v) is 15.2. The molecule has 2 N–H and O–H groups in total. The summed E-state index contributed by atoms with van der Waals surface area (Å²) in [6, 6.07) is 9.80. The Bertz CT molecular complexity index is 527. The lowest BCUT2D eigenvalue weighted by Gasteiger charge is -2.16. The van der Waals surface area contributed by atoms with Gasteiger partial charge in [-0.1, -0.05) is 18.2 Å². The van der Waals surface area contributed by atoms with E-state index >= 15 is 0 Å². The maximum atomic E-state index is 12.0. The molecule has 0 unspecified atom stereocenters. The van der Waals surface area contributed by atoms with Crippen LogP contribution in [0.4, 0.5) is 0 Å². The number of aliphatic imine (C=N–C) groups is 1. The average molecular weight is 346 g/mol. The van der Waals surface area contributed by atoms with Gasteiger partial charge in [-0.25, -0.2) is 0 Å². The zero-order valence-electron chi connectivity index (χ0n) is 15.2. The minimum absolute atomic E-state index is 0.233. The molecule has 1 fully saturated rings. The molecular formula is C19H30N4O2. The molecule has 6 heteroatoms. The first kappa shape index (κ1) is 19.1. The number of para-hydroxylation sites is 1. The number of amides is 1. The van der Waals surface area contributed by atoms with Crippen molar-refractivity contribution in [3.63, 3.8) is 0 Å². The molecule has 0 bridgehead atoms. The third kappa shape index (κ3) is 7.45. The molecule has 1 aliphatic rings. The Balaban J connectivity index is 1.62. The van der Waals surface area contributed by atoms with Gasteiger partial charge in [-0.3, -0.25) is 9.79 Å². The molecule has 0 spiro atoms. The van der Waals surface area contributed by atoms with Gasteiger partial charge in [-0.05, 0) is 31.9 Å². The van der Waals surface area contributed by atoms with Crippen LogP contribution in [-0.4, -0.2) is 56.1 Å². The van der Waals surface area contributed by atoms with E-state index in [0.29, 0.717) is 26.1 Å². The van der Waals surface area contributed by atoms with Crippen molar-refractivity contribution in [3.8, 4) is 5.75 Å². The fourth-order valence-corrected chi connectivity index (χ4v) is 2.72. The van der Waals surface area contributed by atoms with Crippen molar-refractivity contribution in [2.24, 2.45) is 4.99 Å².